The van der Waals surface area contributed by atoms with Crippen molar-refractivity contribution in [2.24, 2.45) is 5.92 Å². The third-order valence-electron chi connectivity index (χ3n) is 5.73. The van der Waals surface area contributed by atoms with Crippen LogP contribution in [0, 0.1) is 12.8 Å². The van der Waals surface area contributed by atoms with Gasteiger partial charge in [0.1, 0.15) is 18.4 Å². The molecule has 2 unspecified atom stereocenters. The van der Waals surface area contributed by atoms with E-state index in [-0.39, 0.29) is 11.6 Å². The van der Waals surface area contributed by atoms with Gasteiger partial charge in [-0.3, -0.25) is 24.6 Å². The van der Waals surface area contributed by atoms with E-state index < -0.39 is 23.8 Å². The average Bonchev–Trinajstić information content (AvgIpc) is 3.25. The Morgan fingerprint density at radius 2 is 1.97 bits per heavy atom. The van der Waals surface area contributed by atoms with Crippen LogP contribution in [0.1, 0.15) is 24.6 Å². The van der Waals surface area contributed by atoms with Gasteiger partial charge in [0, 0.05) is 30.1 Å². The lowest BCUT2D eigenvalue weighted by atomic mass is 9.97. The fraction of sp³-hybridized carbons (Fsp3) is 0.280. The summed E-state index contributed by atoms with van der Waals surface area (Å²) < 4.78 is 5.92. The first-order chi connectivity index (χ1) is 16.3. The number of aryl methyl sites for hydroxylation is 1. The van der Waals surface area contributed by atoms with E-state index in [0.717, 1.165) is 22.2 Å². The van der Waals surface area contributed by atoms with Crippen LogP contribution in [0.2, 0.25) is 0 Å². The molecule has 0 bridgehead atoms. The summed E-state index contributed by atoms with van der Waals surface area (Å²) in [6, 6.07) is 15.0. The van der Waals surface area contributed by atoms with Gasteiger partial charge in [-0.25, -0.2) is 0 Å². The first-order valence-electron chi connectivity index (χ1n) is 11.0. The van der Waals surface area contributed by atoms with Crippen molar-refractivity contribution in [1.82, 2.24) is 15.6 Å². The summed E-state index contributed by atoms with van der Waals surface area (Å²) in [6.45, 7) is 3.93. The first kappa shape index (κ1) is 23.2. The highest BCUT2D eigenvalue weighted by molar-refractivity contribution is 6.01. The van der Waals surface area contributed by atoms with Crippen LogP contribution in [0.3, 0.4) is 0 Å². The lowest BCUT2D eigenvalue weighted by Crippen LogP contribution is -2.52. The Morgan fingerprint density at radius 1 is 1.24 bits per heavy atom. The number of fused-ring (bicyclic) bond motifs is 1. The van der Waals surface area contributed by atoms with Gasteiger partial charge < -0.3 is 15.4 Å². The summed E-state index contributed by atoms with van der Waals surface area (Å²) in [5.41, 5.74) is 2.98. The Balaban J connectivity index is 1.46. The highest BCUT2D eigenvalue weighted by Gasteiger charge is 2.39. The van der Waals surface area contributed by atoms with E-state index in [1.54, 1.807) is 12.1 Å². The molecule has 1 aromatic heterocycles. The molecule has 0 radical (unpaired) electrons. The number of ether oxygens (including phenoxy) is 1. The van der Waals surface area contributed by atoms with Crippen molar-refractivity contribution in [2.45, 2.75) is 32.9 Å². The van der Waals surface area contributed by atoms with Crippen LogP contribution < -0.4 is 20.4 Å². The number of aromatic nitrogens is 1. The molecule has 9 nitrogen and oxygen atoms in total. The van der Waals surface area contributed by atoms with Crippen LogP contribution >= 0.6 is 0 Å². The van der Waals surface area contributed by atoms with Gasteiger partial charge >= 0.3 is 0 Å². The normalized spacial score (nSPS) is 16.1. The molecule has 1 aliphatic rings. The molecule has 4 rings (SSSR count). The Morgan fingerprint density at radius 3 is 2.65 bits per heavy atom. The molecule has 2 atom stereocenters. The molecular weight excluding hydrogens is 436 g/mol. The summed E-state index contributed by atoms with van der Waals surface area (Å²) in [4.78, 5) is 41.1. The molecule has 0 spiro atoms. The van der Waals surface area contributed by atoms with Crippen LogP contribution in [-0.2, 0) is 21.0 Å². The monoisotopic (exact) mass is 462 g/mol. The van der Waals surface area contributed by atoms with E-state index in [1.807, 2.05) is 37.3 Å². The molecule has 2 aromatic carbocycles. The largest absolute Gasteiger partial charge is 0.489 e. The topological polar surface area (TPSA) is 121 Å². The van der Waals surface area contributed by atoms with Gasteiger partial charge in [0.25, 0.3) is 5.91 Å². The van der Waals surface area contributed by atoms with Crippen LogP contribution in [0.5, 0.6) is 5.75 Å². The van der Waals surface area contributed by atoms with E-state index in [4.69, 9.17) is 4.74 Å². The minimum Gasteiger partial charge on any atom is -0.489 e. The molecule has 3 amide bonds. The zero-order valence-corrected chi connectivity index (χ0v) is 18.9. The number of hydrogen-bond donors (Lipinski definition) is 3. The minimum absolute atomic E-state index is 0.191. The summed E-state index contributed by atoms with van der Waals surface area (Å²) in [6.07, 6.45) is 0.388. The second kappa shape index (κ2) is 9.88. The van der Waals surface area contributed by atoms with Gasteiger partial charge in [-0.15, -0.1) is 0 Å². The van der Waals surface area contributed by atoms with Crippen LogP contribution in [0.25, 0.3) is 10.9 Å². The molecule has 3 N–H and O–H groups in total. The van der Waals surface area contributed by atoms with Gasteiger partial charge in [0.05, 0.1) is 17.1 Å². The second-order valence-electron chi connectivity index (χ2n) is 8.24. The number of nitrogens with zero attached hydrogens (tertiary/aromatic N) is 2. The summed E-state index contributed by atoms with van der Waals surface area (Å²) in [5, 5.41) is 17.1. The molecule has 2 heterocycles. The Kier molecular flexibility index (Phi) is 6.74. The molecule has 9 heteroatoms. The smallest absolute Gasteiger partial charge is 0.274 e. The molecular formula is C25H26N4O5. The molecule has 1 aliphatic heterocycles. The molecule has 0 saturated carbocycles. The van der Waals surface area contributed by atoms with Crippen LogP contribution in [0.15, 0.2) is 54.6 Å². The van der Waals surface area contributed by atoms with E-state index in [0.29, 0.717) is 30.4 Å². The fourth-order valence-electron chi connectivity index (χ4n) is 4.10. The van der Waals surface area contributed by atoms with Gasteiger partial charge in [-0.1, -0.05) is 18.2 Å². The standard InChI is InChI=1S/C25H26N4O5/c1-15-13-17(20-5-3-4-6-22(20)27-15)14-34-19-9-7-18(8-10-19)29(33)25(32)23(28-16(2)30)21-11-12-26-24(21)31/h3-10,13,21,23,33H,11-12,14H2,1-2H3,(H,26,31)(H,28,30). The van der Waals surface area contributed by atoms with Crippen molar-refractivity contribution in [1.29, 1.82) is 0 Å². The van der Waals surface area contributed by atoms with E-state index >= 15 is 0 Å². The highest BCUT2D eigenvalue weighted by Crippen LogP contribution is 2.24. The molecule has 34 heavy (non-hydrogen) atoms. The number of para-hydroxylation sites is 1. The van der Waals surface area contributed by atoms with E-state index in [2.05, 4.69) is 15.6 Å². The molecule has 176 valence electrons. The maximum atomic E-state index is 12.9. The number of pyridine rings is 1. The predicted octanol–water partition coefficient (Wildman–Crippen LogP) is 2.49. The maximum absolute atomic E-state index is 12.9. The Hall–Kier alpha value is -3.98. The third-order valence-corrected chi connectivity index (χ3v) is 5.73. The van der Waals surface area contributed by atoms with Crippen molar-refractivity contribution >= 4 is 34.3 Å². The van der Waals surface area contributed by atoms with Crippen molar-refractivity contribution in [2.75, 3.05) is 11.6 Å². The minimum atomic E-state index is -1.16. The lowest BCUT2D eigenvalue weighted by molar-refractivity contribution is -0.134. The van der Waals surface area contributed by atoms with Crippen LogP contribution in [0.4, 0.5) is 5.69 Å². The summed E-state index contributed by atoms with van der Waals surface area (Å²) in [7, 11) is 0. The fourth-order valence-corrected chi connectivity index (χ4v) is 4.10. The van der Waals surface area contributed by atoms with Crippen molar-refractivity contribution in [3.8, 4) is 5.75 Å². The number of hydroxylamine groups is 1. The van der Waals surface area contributed by atoms with Gasteiger partial charge in [-0.2, -0.15) is 5.06 Å². The van der Waals surface area contributed by atoms with Crippen LogP contribution in [-0.4, -0.2) is 40.5 Å². The Labute approximate surface area is 196 Å². The number of hydrogen-bond acceptors (Lipinski definition) is 6. The number of amides is 3. The van der Waals surface area contributed by atoms with Gasteiger partial charge in [0.2, 0.25) is 11.8 Å². The van der Waals surface area contributed by atoms with Gasteiger partial charge in [0.15, 0.2) is 0 Å². The number of benzene rings is 2. The van der Waals surface area contributed by atoms with Gasteiger partial charge in [-0.05, 0) is 49.7 Å². The Bertz CT molecular complexity index is 1230. The number of carbonyl (C=O) groups excluding carboxylic acids is 3. The predicted molar refractivity (Wildman–Crippen MR) is 125 cm³/mol. The zero-order valence-electron chi connectivity index (χ0n) is 18.9. The maximum Gasteiger partial charge on any atom is 0.274 e. The van der Waals surface area contributed by atoms with E-state index in [9.17, 15) is 19.6 Å². The average molecular weight is 463 g/mol. The highest BCUT2D eigenvalue weighted by atomic mass is 16.5. The third kappa shape index (κ3) is 4.99. The van der Waals surface area contributed by atoms with Crippen molar-refractivity contribution in [3.05, 3.63) is 65.9 Å². The molecule has 1 saturated heterocycles. The quantitative estimate of drug-likeness (QED) is 0.366. The summed E-state index contributed by atoms with van der Waals surface area (Å²) in [5.74, 6) is -1.77. The number of nitrogens with one attached hydrogen (secondary N) is 2. The molecule has 3 aromatic rings. The first-order valence-corrected chi connectivity index (χ1v) is 11.0. The molecule has 0 aliphatic carbocycles. The van der Waals surface area contributed by atoms with Crippen molar-refractivity contribution < 1.29 is 24.3 Å². The van der Waals surface area contributed by atoms with Crippen molar-refractivity contribution in [3.63, 3.8) is 0 Å². The lowest BCUT2D eigenvalue weighted by Gasteiger charge is -2.25. The number of carbonyl (C=O) groups is 3. The second-order valence-corrected chi connectivity index (χ2v) is 8.24. The number of anilines is 1. The summed E-state index contributed by atoms with van der Waals surface area (Å²) >= 11 is 0. The number of rotatable bonds is 7. The zero-order chi connectivity index (χ0) is 24.2. The van der Waals surface area contributed by atoms with E-state index in [1.165, 1.54) is 19.1 Å². The molecule has 1 fully saturated rings. The SMILES string of the molecule is CC(=O)NC(C(=O)N(O)c1ccc(OCc2cc(C)nc3ccccc23)cc1)C1CCNC1=O.